The molecule has 31 heavy (non-hydrogen) atoms. The fourth-order valence-corrected chi connectivity index (χ4v) is 4.36. The number of rotatable bonds is 8. The van der Waals surface area contributed by atoms with E-state index in [2.05, 4.69) is 10.6 Å². The predicted octanol–water partition coefficient (Wildman–Crippen LogP) is 2.77. The first-order valence-electron chi connectivity index (χ1n) is 10.3. The van der Waals surface area contributed by atoms with Crippen molar-refractivity contribution in [1.82, 2.24) is 5.32 Å². The Morgan fingerprint density at radius 1 is 1.10 bits per heavy atom. The maximum atomic E-state index is 13.0. The second-order valence-electron chi connectivity index (χ2n) is 7.15. The van der Waals surface area contributed by atoms with Crippen LogP contribution in [0.5, 0.6) is 5.75 Å². The van der Waals surface area contributed by atoms with Gasteiger partial charge in [0.25, 0.3) is 11.8 Å². The molecular formula is C22H27N3O5S. The predicted molar refractivity (Wildman–Crippen MR) is 120 cm³/mol. The van der Waals surface area contributed by atoms with E-state index in [-0.39, 0.29) is 18.2 Å². The molecule has 1 atom stereocenters. The van der Waals surface area contributed by atoms with Gasteiger partial charge < -0.3 is 15.4 Å². The van der Waals surface area contributed by atoms with Crippen molar-refractivity contribution in [2.45, 2.75) is 32.8 Å². The number of hydrogen-bond donors (Lipinski definition) is 2. The van der Waals surface area contributed by atoms with Crippen molar-refractivity contribution in [3.05, 3.63) is 54.1 Å². The van der Waals surface area contributed by atoms with Gasteiger partial charge in [0, 0.05) is 6.54 Å². The first-order chi connectivity index (χ1) is 14.9. The lowest BCUT2D eigenvalue weighted by Crippen LogP contribution is -2.49. The minimum absolute atomic E-state index is 0.101. The van der Waals surface area contributed by atoms with Crippen LogP contribution in [-0.2, 0) is 14.8 Å². The first kappa shape index (κ1) is 22.6. The van der Waals surface area contributed by atoms with E-state index >= 15 is 0 Å². The molecule has 1 aliphatic heterocycles. The SMILES string of the molecule is CCCCNC(=O)c1ccccc1NC(=O)C1CN(S(=O)(=O)CC)c2ccccc2O1. The molecule has 0 aliphatic carbocycles. The van der Waals surface area contributed by atoms with Gasteiger partial charge in [-0.05, 0) is 37.6 Å². The molecule has 0 fully saturated rings. The fraction of sp³-hybridized carbons (Fsp3) is 0.364. The highest BCUT2D eigenvalue weighted by molar-refractivity contribution is 7.92. The van der Waals surface area contributed by atoms with Gasteiger partial charge in [-0.1, -0.05) is 37.6 Å². The van der Waals surface area contributed by atoms with Crippen molar-refractivity contribution < 1.29 is 22.7 Å². The van der Waals surface area contributed by atoms with Crippen LogP contribution in [0.25, 0.3) is 0 Å². The standard InChI is InChI=1S/C22H27N3O5S/c1-3-5-14-23-21(26)16-10-6-7-11-17(16)24-22(27)20-15-25(31(28,29)4-2)18-12-8-9-13-19(18)30-20/h6-13,20H,3-5,14-15H2,1-2H3,(H,23,26)(H,24,27). The summed E-state index contributed by atoms with van der Waals surface area (Å²) in [6.45, 7) is 3.98. The Morgan fingerprint density at radius 3 is 2.55 bits per heavy atom. The molecule has 0 radical (unpaired) electrons. The lowest BCUT2D eigenvalue weighted by Gasteiger charge is -2.34. The Labute approximate surface area is 182 Å². The average Bonchev–Trinajstić information content (AvgIpc) is 2.78. The van der Waals surface area contributed by atoms with E-state index in [9.17, 15) is 18.0 Å². The molecule has 0 saturated heterocycles. The van der Waals surface area contributed by atoms with Crippen molar-refractivity contribution in [2.24, 2.45) is 0 Å². The van der Waals surface area contributed by atoms with Crippen LogP contribution in [0.1, 0.15) is 37.0 Å². The Morgan fingerprint density at radius 2 is 1.81 bits per heavy atom. The van der Waals surface area contributed by atoms with Gasteiger partial charge in [0.2, 0.25) is 10.0 Å². The molecule has 3 rings (SSSR count). The number of carbonyl (C=O) groups excluding carboxylic acids is 2. The summed E-state index contributed by atoms with van der Waals surface area (Å²) in [5.74, 6) is -0.596. The van der Waals surface area contributed by atoms with Crippen LogP contribution in [-0.4, -0.2) is 45.2 Å². The molecule has 2 aromatic carbocycles. The summed E-state index contributed by atoms with van der Waals surface area (Å²) in [5, 5.41) is 5.56. The van der Waals surface area contributed by atoms with Crippen LogP contribution in [0.2, 0.25) is 0 Å². The fourth-order valence-electron chi connectivity index (χ4n) is 3.24. The number of para-hydroxylation sites is 3. The van der Waals surface area contributed by atoms with Gasteiger partial charge >= 0.3 is 0 Å². The van der Waals surface area contributed by atoms with Crippen LogP contribution in [0, 0.1) is 0 Å². The zero-order chi connectivity index (χ0) is 22.4. The molecule has 1 unspecified atom stereocenters. The zero-order valence-electron chi connectivity index (χ0n) is 17.6. The molecule has 166 valence electrons. The Kier molecular flexibility index (Phi) is 7.17. The number of nitrogens with one attached hydrogen (secondary N) is 2. The number of ether oxygens (including phenoxy) is 1. The van der Waals surface area contributed by atoms with Gasteiger partial charge in [-0.2, -0.15) is 0 Å². The minimum Gasteiger partial charge on any atom is -0.476 e. The van der Waals surface area contributed by atoms with E-state index in [0.29, 0.717) is 29.2 Å². The van der Waals surface area contributed by atoms with Crippen molar-refractivity contribution in [3.63, 3.8) is 0 Å². The topological polar surface area (TPSA) is 105 Å². The number of fused-ring (bicyclic) bond motifs is 1. The van der Waals surface area contributed by atoms with Crippen molar-refractivity contribution >= 4 is 33.2 Å². The van der Waals surface area contributed by atoms with E-state index in [1.807, 2.05) is 6.92 Å². The van der Waals surface area contributed by atoms with Crippen LogP contribution >= 0.6 is 0 Å². The van der Waals surface area contributed by atoms with Crippen LogP contribution in [0.3, 0.4) is 0 Å². The second kappa shape index (κ2) is 9.82. The quantitative estimate of drug-likeness (QED) is 0.608. The van der Waals surface area contributed by atoms with Crippen LogP contribution in [0.4, 0.5) is 11.4 Å². The summed E-state index contributed by atoms with van der Waals surface area (Å²) in [5.41, 5.74) is 1.08. The van der Waals surface area contributed by atoms with Gasteiger partial charge in [0.15, 0.2) is 6.10 Å². The molecular weight excluding hydrogens is 418 g/mol. The highest BCUT2D eigenvalue weighted by Crippen LogP contribution is 2.35. The van der Waals surface area contributed by atoms with Gasteiger partial charge in [-0.3, -0.25) is 13.9 Å². The van der Waals surface area contributed by atoms with Crippen LogP contribution in [0.15, 0.2) is 48.5 Å². The Bertz CT molecular complexity index is 1050. The van der Waals surface area contributed by atoms with Gasteiger partial charge in [-0.15, -0.1) is 0 Å². The largest absolute Gasteiger partial charge is 0.476 e. The smallest absolute Gasteiger partial charge is 0.267 e. The highest BCUT2D eigenvalue weighted by atomic mass is 32.2. The average molecular weight is 446 g/mol. The van der Waals surface area contributed by atoms with E-state index in [4.69, 9.17) is 4.74 Å². The number of amides is 2. The number of anilines is 2. The summed E-state index contributed by atoms with van der Waals surface area (Å²) >= 11 is 0. The first-order valence-corrected chi connectivity index (χ1v) is 11.9. The molecule has 9 heteroatoms. The molecule has 2 amide bonds. The lowest BCUT2D eigenvalue weighted by atomic mass is 10.1. The third-order valence-corrected chi connectivity index (χ3v) is 6.72. The normalized spacial score (nSPS) is 15.5. The van der Waals surface area contributed by atoms with Gasteiger partial charge in [-0.25, -0.2) is 8.42 Å². The van der Waals surface area contributed by atoms with Crippen molar-refractivity contribution in [1.29, 1.82) is 0 Å². The van der Waals surface area contributed by atoms with E-state index in [1.165, 1.54) is 4.31 Å². The number of carbonyl (C=O) groups is 2. The number of unbranched alkanes of at least 4 members (excludes halogenated alkanes) is 1. The monoisotopic (exact) mass is 445 g/mol. The third kappa shape index (κ3) is 5.16. The third-order valence-electron chi connectivity index (χ3n) is 4.97. The Hall–Kier alpha value is -3.07. The summed E-state index contributed by atoms with van der Waals surface area (Å²) in [7, 11) is -3.60. The molecule has 0 aromatic heterocycles. The van der Waals surface area contributed by atoms with Crippen LogP contribution < -0.4 is 19.7 Å². The summed E-state index contributed by atoms with van der Waals surface area (Å²) < 4.78 is 32.2. The molecule has 0 bridgehead atoms. The molecule has 1 heterocycles. The number of benzene rings is 2. The summed E-state index contributed by atoms with van der Waals surface area (Å²) in [6, 6.07) is 13.4. The van der Waals surface area contributed by atoms with Crippen molar-refractivity contribution in [3.8, 4) is 5.75 Å². The van der Waals surface area contributed by atoms with Crippen molar-refractivity contribution in [2.75, 3.05) is 28.5 Å². The summed E-state index contributed by atoms with van der Waals surface area (Å²) in [4.78, 5) is 25.5. The number of hydrogen-bond acceptors (Lipinski definition) is 5. The second-order valence-corrected chi connectivity index (χ2v) is 9.33. The molecule has 8 nitrogen and oxygen atoms in total. The van der Waals surface area contributed by atoms with E-state index in [1.54, 1.807) is 55.5 Å². The minimum atomic E-state index is -3.60. The molecule has 1 aliphatic rings. The maximum absolute atomic E-state index is 13.0. The highest BCUT2D eigenvalue weighted by Gasteiger charge is 2.36. The summed E-state index contributed by atoms with van der Waals surface area (Å²) in [6.07, 6.45) is 0.751. The molecule has 2 N–H and O–H groups in total. The molecule has 0 saturated carbocycles. The Balaban J connectivity index is 1.81. The maximum Gasteiger partial charge on any atom is 0.267 e. The van der Waals surface area contributed by atoms with E-state index in [0.717, 1.165) is 12.8 Å². The van der Waals surface area contributed by atoms with Gasteiger partial charge in [0.1, 0.15) is 5.75 Å². The number of nitrogens with zero attached hydrogens (tertiary/aromatic N) is 1. The van der Waals surface area contributed by atoms with Gasteiger partial charge in [0.05, 0.1) is 29.2 Å². The number of sulfonamides is 1. The van der Waals surface area contributed by atoms with E-state index < -0.39 is 22.0 Å². The molecule has 0 spiro atoms. The zero-order valence-corrected chi connectivity index (χ0v) is 18.4. The lowest BCUT2D eigenvalue weighted by molar-refractivity contribution is -0.122. The molecule has 2 aromatic rings.